The molecule has 1 aliphatic carbocycles. The van der Waals surface area contributed by atoms with Crippen LogP contribution < -0.4 is 15.1 Å². The number of carbonyl (C=O) groups excluding carboxylic acids is 2. The fraction of sp³-hybridized carbons (Fsp3) is 0.391. The Labute approximate surface area is 169 Å². The molecule has 0 unspecified atom stereocenters. The number of halogens is 1. The number of hydrogen-bond acceptors (Lipinski definition) is 3. The predicted molar refractivity (Wildman–Crippen MR) is 111 cm³/mol. The SMILES string of the molecule is CN1CCC(=O)Nc2cc(C(=O)N3CC4(CCCC4)c4c(F)cccc43)ccc21. The van der Waals surface area contributed by atoms with Crippen molar-refractivity contribution in [1.29, 1.82) is 0 Å². The summed E-state index contributed by atoms with van der Waals surface area (Å²) in [6.07, 6.45) is 4.36. The number of nitrogens with zero attached hydrogens (tertiary/aromatic N) is 2. The summed E-state index contributed by atoms with van der Waals surface area (Å²) in [5.74, 6) is -0.418. The Balaban J connectivity index is 1.54. The molecule has 0 radical (unpaired) electrons. The molecule has 150 valence electrons. The monoisotopic (exact) mass is 393 g/mol. The lowest BCUT2D eigenvalue weighted by atomic mass is 9.80. The molecule has 1 N–H and O–H groups in total. The number of amides is 2. The van der Waals surface area contributed by atoms with Crippen LogP contribution in [-0.4, -0.2) is 32.0 Å². The zero-order chi connectivity index (χ0) is 20.2. The van der Waals surface area contributed by atoms with Gasteiger partial charge in [-0.05, 0) is 43.2 Å². The number of hydrogen-bond donors (Lipinski definition) is 1. The first-order valence-electron chi connectivity index (χ1n) is 10.2. The van der Waals surface area contributed by atoms with Gasteiger partial charge in [-0.25, -0.2) is 4.39 Å². The minimum atomic E-state index is -0.267. The van der Waals surface area contributed by atoms with Gasteiger partial charge in [0.1, 0.15) is 5.82 Å². The molecule has 0 bridgehead atoms. The largest absolute Gasteiger partial charge is 0.372 e. The summed E-state index contributed by atoms with van der Waals surface area (Å²) in [5, 5.41) is 2.90. The summed E-state index contributed by atoms with van der Waals surface area (Å²) in [4.78, 5) is 29.2. The third-order valence-electron chi connectivity index (χ3n) is 6.68. The second kappa shape index (κ2) is 6.58. The maximum absolute atomic E-state index is 14.8. The third-order valence-corrected chi connectivity index (χ3v) is 6.68. The Hall–Kier alpha value is -2.89. The zero-order valence-electron chi connectivity index (χ0n) is 16.5. The summed E-state index contributed by atoms with van der Waals surface area (Å²) in [6, 6.07) is 10.4. The van der Waals surface area contributed by atoms with Crippen molar-refractivity contribution >= 4 is 28.9 Å². The summed E-state index contributed by atoms with van der Waals surface area (Å²) in [5.41, 5.74) is 3.17. The topological polar surface area (TPSA) is 52.7 Å². The van der Waals surface area contributed by atoms with E-state index in [1.807, 2.05) is 24.1 Å². The average Bonchev–Trinajstić information content (AvgIpc) is 3.28. The van der Waals surface area contributed by atoms with E-state index in [1.165, 1.54) is 6.07 Å². The van der Waals surface area contributed by atoms with Crippen LogP contribution in [0.15, 0.2) is 36.4 Å². The van der Waals surface area contributed by atoms with Gasteiger partial charge in [0.15, 0.2) is 0 Å². The fourth-order valence-electron chi connectivity index (χ4n) is 5.23. The third kappa shape index (κ3) is 2.81. The molecule has 0 saturated heterocycles. The van der Waals surface area contributed by atoms with Gasteiger partial charge in [0.2, 0.25) is 5.91 Å². The molecule has 2 amide bonds. The van der Waals surface area contributed by atoms with E-state index in [1.54, 1.807) is 23.1 Å². The molecule has 29 heavy (non-hydrogen) atoms. The molecule has 2 aliphatic heterocycles. The maximum atomic E-state index is 14.8. The highest BCUT2D eigenvalue weighted by Crippen LogP contribution is 2.51. The Morgan fingerprint density at radius 3 is 2.72 bits per heavy atom. The van der Waals surface area contributed by atoms with Crippen LogP contribution in [0.4, 0.5) is 21.5 Å². The van der Waals surface area contributed by atoms with E-state index in [4.69, 9.17) is 0 Å². The van der Waals surface area contributed by atoms with E-state index in [9.17, 15) is 14.0 Å². The van der Waals surface area contributed by atoms with Crippen LogP contribution in [0.25, 0.3) is 0 Å². The lowest BCUT2D eigenvalue weighted by Gasteiger charge is -2.25. The minimum Gasteiger partial charge on any atom is -0.372 e. The van der Waals surface area contributed by atoms with E-state index in [0.717, 1.165) is 31.4 Å². The van der Waals surface area contributed by atoms with Crippen molar-refractivity contribution < 1.29 is 14.0 Å². The van der Waals surface area contributed by atoms with Crippen molar-refractivity contribution in [3.63, 3.8) is 0 Å². The standard InChI is InChI=1S/C23H24FN3O2/c1-26-12-9-20(28)25-17-13-15(7-8-18(17)26)22(29)27-14-23(10-2-3-11-23)21-16(24)5-4-6-19(21)27/h4-8,13H,2-3,9-12,14H2,1H3,(H,25,28). The van der Waals surface area contributed by atoms with Gasteiger partial charge in [-0.2, -0.15) is 0 Å². The first-order valence-corrected chi connectivity index (χ1v) is 10.2. The Morgan fingerprint density at radius 1 is 1.14 bits per heavy atom. The number of benzene rings is 2. The fourth-order valence-corrected chi connectivity index (χ4v) is 5.23. The van der Waals surface area contributed by atoms with Crippen molar-refractivity contribution in [2.75, 3.05) is 35.3 Å². The number of carbonyl (C=O) groups is 2. The molecular formula is C23H24FN3O2. The van der Waals surface area contributed by atoms with E-state index >= 15 is 0 Å². The number of nitrogens with one attached hydrogen (secondary N) is 1. The second-order valence-electron chi connectivity index (χ2n) is 8.46. The van der Waals surface area contributed by atoms with E-state index in [2.05, 4.69) is 5.32 Å². The normalized spacial score (nSPS) is 19.7. The van der Waals surface area contributed by atoms with Crippen LogP contribution in [0.1, 0.15) is 48.0 Å². The van der Waals surface area contributed by atoms with Crippen molar-refractivity contribution in [3.05, 3.63) is 53.3 Å². The lowest BCUT2D eigenvalue weighted by Crippen LogP contribution is -2.35. The molecule has 1 fully saturated rings. The highest BCUT2D eigenvalue weighted by Gasteiger charge is 2.48. The predicted octanol–water partition coefficient (Wildman–Crippen LogP) is 4.08. The molecule has 1 spiro atoms. The van der Waals surface area contributed by atoms with Crippen LogP contribution in [0, 0.1) is 5.82 Å². The average molecular weight is 393 g/mol. The van der Waals surface area contributed by atoms with E-state index < -0.39 is 0 Å². The summed E-state index contributed by atoms with van der Waals surface area (Å²) in [7, 11) is 1.93. The smallest absolute Gasteiger partial charge is 0.258 e. The zero-order valence-corrected chi connectivity index (χ0v) is 16.5. The molecule has 5 nitrogen and oxygen atoms in total. The van der Waals surface area contributed by atoms with Crippen LogP contribution in [0.5, 0.6) is 0 Å². The first kappa shape index (κ1) is 18.2. The molecule has 2 heterocycles. The Morgan fingerprint density at radius 2 is 1.93 bits per heavy atom. The molecule has 3 aliphatic rings. The highest BCUT2D eigenvalue weighted by atomic mass is 19.1. The van der Waals surface area contributed by atoms with Gasteiger partial charge in [0.25, 0.3) is 5.91 Å². The van der Waals surface area contributed by atoms with Gasteiger partial charge >= 0.3 is 0 Å². The number of anilines is 3. The molecule has 0 atom stereocenters. The second-order valence-corrected chi connectivity index (χ2v) is 8.46. The molecule has 6 heteroatoms. The molecular weight excluding hydrogens is 369 g/mol. The number of rotatable bonds is 1. The highest BCUT2D eigenvalue weighted by molar-refractivity contribution is 6.09. The number of fused-ring (bicyclic) bond motifs is 3. The van der Waals surface area contributed by atoms with Gasteiger partial charge in [-0.1, -0.05) is 18.9 Å². The van der Waals surface area contributed by atoms with Crippen LogP contribution in [0.2, 0.25) is 0 Å². The first-order chi connectivity index (χ1) is 14.0. The Bertz CT molecular complexity index is 1010. The van der Waals surface area contributed by atoms with Crippen LogP contribution in [-0.2, 0) is 10.2 Å². The van der Waals surface area contributed by atoms with Gasteiger partial charge in [0.05, 0.1) is 17.1 Å². The van der Waals surface area contributed by atoms with Crippen molar-refractivity contribution in [2.45, 2.75) is 37.5 Å². The summed E-state index contributed by atoms with van der Waals surface area (Å²) < 4.78 is 14.8. The minimum absolute atomic E-state index is 0.0568. The molecule has 5 rings (SSSR count). The van der Waals surface area contributed by atoms with E-state index in [-0.39, 0.29) is 23.0 Å². The van der Waals surface area contributed by atoms with Crippen molar-refractivity contribution in [2.24, 2.45) is 0 Å². The van der Waals surface area contributed by atoms with Gasteiger partial charge in [0, 0.05) is 43.1 Å². The van der Waals surface area contributed by atoms with Gasteiger partial charge in [-0.3, -0.25) is 9.59 Å². The van der Waals surface area contributed by atoms with Crippen LogP contribution in [0.3, 0.4) is 0 Å². The molecule has 2 aromatic carbocycles. The molecule has 0 aromatic heterocycles. The quantitative estimate of drug-likeness (QED) is 0.794. The molecule has 2 aromatic rings. The Kier molecular flexibility index (Phi) is 4.12. The summed E-state index contributed by atoms with van der Waals surface area (Å²) in [6.45, 7) is 1.15. The maximum Gasteiger partial charge on any atom is 0.258 e. The van der Waals surface area contributed by atoms with Gasteiger partial charge in [-0.15, -0.1) is 0 Å². The van der Waals surface area contributed by atoms with Crippen molar-refractivity contribution in [1.82, 2.24) is 0 Å². The molecule has 1 saturated carbocycles. The lowest BCUT2D eigenvalue weighted by molar-refractivity contribution is -0.115. The van der Waals surface area contributed by atoms with Gasteiger partial charge < -0.3 is 15.1 Å². The van der Waals surface area contributed by atoms with E-state index in [0.29, 0.717) is 42.0 Å². The van der Waals surface area contributed by atoms with Crippen LogP contribution >= 0.6 is 0 Å². The summed E-state index contributed by atoms with van der Waals surface area (Å²) >= 11 is 0. The van der Waals surface area contributed by atoms with Crippen molar-refractivity contribution in [3.8, 4) is 0 Å².